The van der Waals surface area contributed by atoms with Gasteiger partial charge >= 0.3 is 0 Å². The van der Waals surface area contributed by atoms with E-state index >= 15 is 0 Å². The summed E-state index contributed by atoms with van der Waals surface area (Å²) in [6, 6.07) is 1.85. The maximum atomic E-state index is 6.42. The van der Waals surface area contributed by atoms with Crippen LogP contribution in [0.5, 0.6) is 0 Å². The first-order valence-corrected chi connectivity index (χ1v) is 8.51. The third kappa shape index (κ3) is 3.64. The fraction of sp³-hybridized carbons (Fsp3) is 0.562. The molecule has 3 rings (SSSR count). The molecule has 1 saturated heterocycles. The first-order chi connectivity index (χ1) is 11.2. The predicted molar refractivity (Wildman–Crippen MR) is 91.7 cm³/mol. The molecule has 1 aliphatic heterocycles. The zero-order valence-electron chi connectivity index (χ0n) is 13.7. The zero-order chi connectivity index (χ0) is 16.2. The van der Waals surface area contributed by atoms with Crippen molar-refractivity contribution in [2.45, 2.75) is 26.3 Å². The monoisotopic (exact) mass is 334 g/mol. The lowest BCUT2D eigenvalue weighted by molar-refractivity contribution is 0.284. The highest BCUT2D eigenvalue weighted by Crippen LogP contribution is 2.22. The van der Waals surface area contributed by atoms with Gasteiger partial charge in [0.2, 0.25) is 5.95 Å². The summed E-state index contributed by atoms with van der Waals surface area (Å²) in [5, 5.41) is 5.27. The number of halogens is 1. The van der Waals surface area contributed by atoms with Crippen LogP contribution in [-0.4, -0.2) is 50.8 Å². The number of nitrogens with zero attached hydrogens (tertiary/aromatic N) is 6. The zero-order valence-corrected chi connectivity index (χ0v) is 14.5. The van der Waals surface area contributed by atoms with Crippen molar-refractivity contribution in [3.05, 3.63) is 34.9 Å². The van der Waals surface area contributed by atoms with Crippen LogP contribution >= 0.6 is 11.6 Å². The van der Waals surface area contributed by atoms with E-state index in [1.807, 2.05) is 13.1 Å². The maximum Gasteiger partial charge on any atom is 0.225 e. The lowest BCUT2D eigenvalue weighted by Gasteiger charge is -2.21. The Kier molecular flexibility index (Phi) is 5.13. The molecule has 0 N–H and O–H groups in total. The molecule has 23 heavy (non-hydrogen) atoms. The molecule has 3 heterocycles. The maximum absolute atomic E-state index is 6.42. The predicted octanol–water partition coefficient (Wildman–Crippen LogP) is 2.14. The first-order valence-electron chi connectivity index (χ1n) is 8.13. The molecule has 1 aliphatic rings. The summed E-state index contributed by atoms with van der Waals surface area (Å²) in [6.45, 7) is 6.94. The van der Waals surface area contributed by atoms with Gasteiger partial charge < -0.3 is 4.90 Å². The van der Waals surface area contributed by atoms with Gasteiger partial charge in [0.15, 0.2) is 0 Å². The molecular weight excluding hydrogens is 312 g/mol. The second-order valence-corrected chi connectivity index (χ2v) is 6.22. The molecule has 7 heteroatoms. The highest BCUT2D eigenvalue weighted by Gasteiger charge is 2.20. The quantitative estimate of drug-likeness (QED) is 0.857. The molecule has 0 radical (unpaired) electrons. The van der Waals surface area contributed by atoms with Crippen LogP contribution in [0.1, 0.15) is 24.6 Å². The van der Waals surface area contributed by atoms with E-state index in [0.29, 0.717) is 0 Å². The van der Waals surface area contributed by atoms with Crippen molar-refractivity contribution in [2.24, 2.45) is 7.05 Å². The van der Waals surface area contributed by atoms with Gasteiger partial charge in [-0.25, -0.2) is 9.97 Å². The van der Waals surface area contributed by atoms with Crippen molar-refractivity contribution in [1.82, 2.24) is 24.6 Å². The van der Waals surface area contributed by atoms with Crippen molar-refractivity contribution in [2.75, 3.05) is 31.1 Å². The standard InChI is InChI=1S/C16H23ClN6/c1-3-14-13(15(17)21(2)20-14)12-22-8-5-9-23(11-10-22)16-18-6-4-7-19-16/h4,6-7H,3,5,8-12H2,1-2H3. The molecule has 1 fully saturated rings. The van der Waals surface area contributed by atoms with E-state index in [0.717, 1.165) is 62.4 Å². The average molecular weight is 335 g/mol. The van der Waals surface area contributed by atoms with Crippen LogP contribution in [0.15, 0.2) is 18.5 Å². The molecular formula is C16H23ClN6. The largest absolute Gasteiger partial charge is 0.339 e. The number of hydrogen-bond donors (Lipinski definition) is 0. The van der Waals surface area contributed by atoms with E-state index in [9.17, 15) is 0 Å². The third-order valence-corrected chi connectivity index (χ3v) is 4.77. The molecule has 0 atom stereocenters. The number of rotatable bonds is 4. The van der Waals surface area contributed by atoms with E-state index in [4.69, 9.17) is 11.6 Å². The van der Waals surface area contributed by atoms with E-state index in [1.54, 1.807) is 17.1 Å². The van der Waals surface area contributed by atoms with Gasteiger partial charge in [0.25, 0.3) is 0 Å². The average Bonchev–Trinajstić information content (AvgIpc) is 2.76. The van der Waals surface area contributed by atoms with Gasteiger partial charge in [0.1, 0.15) is 5.15 Å². The van der Waals surface area contributed by atoms with Crippen molar-refractivity contribution >= 4 is 17.5 Å². The van der Waals surface area contributed by atoms with Gasteiger partial charge in [-0.2, -0.15) is 5.10 Å². The number of aryl methyl sites for hydroxylation is 2. The Labute approximate surface area is 142 Å². The van der Waals surface area contributed by atoms with Crippen LogP contribution in [0.25, 0.3) is 0 Å². The molecule has 0 aromatic carbocycles. The first kappa shape index (κ1) is 16.2. The summed E-state index contributed by atoms with van der Waals surface area (Å²) in [5.41, 5.74) is 2.27. The highest BCUT2D eigenvalue weighted by molar-refractivity contribution is 6.30. The summed E-state index contributed by atoms with van der Waals surface area (Å²) in [7, 11) is 1.90. The van der Waals surface area contributed by atoms with Crippen LogP contribution in [0, 0.1) is 0 Å². The summed E-state index contributed by atoms with van der Waals surface area (Å²) in [5.74, 6) is 0.822. The summed E-state index contributed by atoms with van der Waals surface area (Å²) < 4.78 is 1.78. The summed E-state index contributed by atoms with van der Waals surface area (Å²) >= 11 is 6.42. The molecule has 2 aromatic heterocycles. The molecule has 0 bridgehead atoms. The third-order valence-electron chi connectivity index (χ3n) is 4.29. The molecule has 0 amide bonds. The second-order valence-electron chi connectivity index (χ2n) is 5.86. The van der Waals surface area contributed by atoms with Crippen LogP contribution in [-0.2, 0) is 20.0 Å². The van der Waals surface area contributed by atoms with Crippen LogP contribution in [0.3, 0.4) is 0 Å². The molecule has 6 nitrogen and oxygen atoms in total. The highest BCUT2D eigenvalue weighted by atomic mass is 35.5. The Hall–Kier alpha value is -1.66. The van der Waals surface area contributed by atoms with Gasteiger partial charge in [-0.1, -0.05) is 18.5 Å². The topological polar surface area (TPSA) is 50.1 Å². The van der Waals surface area contributed by atoms with Crippen molar-refractivity contribution in [3.63, 3.8) is 0 Å². The van der Waals surface area contributed by atoms with E-state index < -0.39 is 0 Å². The summed E-state index contributed by atoms with van der Waals surface area (Å²) in [6.07, 6.45) is 5.60. The fourth-order valence-electron chi connectivity index (χ4n) is 3.05. The lowest BCUT2D eigenvalue weighted by Crippen LogP contribution is -2.31. The normalized spacial score (nSPS) is 16.6. The Bertz CT molecular complexity index is 642. The van der Waals surface area contributed by atoms with E-state index in [2.05, 4.69) is 31.8 Å². The van der Waals surface area contributed by atoms with Gasteiger partial charge in [0.05, 0.1) is 5.69 Å². The van der Waals surface area contributed by atoms with Gasteiger partial charge in [-0.05, 0) is 18.9 Å². The number of aromatic nitrogens is 4. The van der Waals surface area contributed by atoms with Crippen LogP contribution in [0.4, 0.5) is 5.95 Å². The van der Waals surface area contributed by atoms with Gasteiger partial charge in [-0.3, -0.25) is 9.58 Å². The van der Waals surface area contributed by atoms with Crippen molar-refractivity contribution in [3.8, 4) is 0 Å². The minimum absolute atomic E-state index is 0.759. The van der Waals surface area contributed by atoms with Gasteiger partial charge in [0, 0.05) is 57.7 Å². The smallest absolute Gasteiger partial charge is 0.225 e. The van der Waals surface area contributed by atoms with Gasteiger partial charge in [-0.15, -0.1) is 0 Å². The molecule has 0 unspecified atom stereocenters. The van der Waals surface area contributed by atoms with Crippen LogP contribution < -0.4 is 4.90 Å². The van der Waals surface area contributed by atoms with Crippen molar-refractivity contribution < 1.29 is 0 Å². The minimum Gasteiger partial charge on any atom is -0.339 e. The Balaban J connectivity index is 1.67. The second kappa shape index (κ2) is 7.27. The SMILES string of the molecule is CCc1nn(C)c(Cl)c1CN1CCCN(c2ncccn2)CC1. The molecule has 2 aromatic rings. The number of anilines is 1. The Morgan fingerprint density at radius 1 is 1.13 bits per heavy atom. The Morgan fingerprint density at radius 3 is 2.65 bits per heavy atom. The number of hydrogen-bond acceptors (Lipinski definition) is 5. The van der Waals surface area contributed by atoms with Crippen LogP contribution in [0.2, 0.25) is 5.15 Å². The van der Waals surface area contributed by atoms with E-state index in [-0.39, 0.29) is 0 Å². The van der Waals surface area contributed by atoms with Crippen molar-refractivity contribution in [1.29, 1.82) is 0 Å². The van der Waals surface area contributed by atoms with E-state index in [1.165, 1.54) is 5.56 Å². The molecule has 124 valence electrons. The molecule has 0 saturated carbocycles. The summed E-state index contributed by atoms with van der Waals surface area (Å²) in [4.78, 5) is 13.4. The lowest BCUT2D eigenvalue weighted by atomic mass is 10.2. The molecule has 0 aliphatic carbocycles. The minimum atomic E-state index is 0.759. The molecule has 0 spiro atoms. The fourth-order valence-corrected chi connectivity index (χ4v) is 3.25. The Morgan fingerprint density at radius 2 is 1.91 bits per heavy atom.